The van der Waals surface area contributed by atoms with E-state index >= 15 is 0 Å². The molecule has 0 atom stereocenters. The van der Waals surface area contributed by atoms with E-state index < -0.39 is 0 Å². The predicted octanol–water partition coefficient (Wildman–Crippen LogP) is 3.63. The minimum atomic E-state index is -0.0780. The zero-order valence-electron chi connectivity index (χ0n) is 14.1. The summed E-state index contributed by atoms with van der Waals surface area (Å²) in [6.45, 7) is 5.86. The number of thiazole rings is 1. The number of carbonyl (C=O) groups is 1. The summed E-state index contributed by atoms with van der Waals surface area (Å²) in [7, 11) is 0. The van der Waals surface area contributed by atoms with Crippen LogP contribution in [0.1, 0.15) is 38.7 Å². The molecule has 0 bridgehead atoms. The molecule has 124 valence electrons. The van der Waals surface area contributed by atoms with Crippen molar-refractivity contribution in [3.05, 3.63) is 51.1 Å². The third-order valence-electron chi connectivity index (χ3n) is 4.90. The fourth-order valence-corrected chi connectivity index (χ4v) is 4.36. The van der Waals surface area contributed by atoms with E-state index in [4.69, 9.17) is 0 Å². The Hall–Kier alpha value is -2.14. The summed E-state index contributed by atoms with van der Waals surface area (Å²) >= 11 is 1.51. The van der Waals surface area contributed by atoms with Gasteiger partial charge in [-0.2, -0.15) is 0 Å². The van der Waals surface area contributed by atoms with E-state index in [-0.39, 0.29) is 5.91 Å². The SMILES string of the molecule is Cc1nc(C(=O)NCCc2c(C)n3c4c(cccc24)CCC3)cs1. The van der Waals surface area contributed by atoms with Crippen molar-refractivity contribution in [2.45, 2.75) is 39.7 Å². The predicted molar refractivity (Wildman–Crippen MR) is 97.9 cm³/mol. The molecule has 1 aliphatic heterocycles. The molecule has 24 heavy (non-hydrogen) atoms. The number of aromatic nitrogens is 2. The van der Waals surface area contributed by atoms with Gasteiger partial charge in [0.05, 0.1) is 10.5 Å². The van der Waals surface area contributed by atoms with Crippen molar-refractivity contribution in [3.8, 4) is 0 Å². The molecule has 1 N–H and O–H groups in total. The number of para-hydroxylation sites is 1. The molecule has 0 saturated carbocycles. The molecule has 4 rings (SSSR count). The number of hydrogen-bond acceptors (Lipinski definition) is 3. The Labute approximate surface area is 145 Å². The Bertz CT molecular complexity index is 922. The minimum absolute atomic E-state index is 0.0780. The van der Waals surface area contributed by atoms with Crippen LogP contribution in [0.5, 0.6) is 0 Å². The smallest absolute Gasteiger partial charge is 0.270 e. The standard InChI is InChI=1S/C19H21N3OS/c1-12-15(8-9-20-19(23)17-11-24-13(2)21-17)16-7-3-5-14-6-4-10-22(12)18(14)16/h3,5,7,11H,4,6,8-10H2,1-2H3,(H,20,23). The van der Waals surface area contributed by atoms with Gasteiger partial charge in [-0.15, -0.1) is 11.3 Å². The monoisotopic (exact) mass is 339 g/mol. The molecular formula is C19H21N3OS. The third-order valence-corrected chi connectivity index (χ3v) is 5.67. The second-order valence-electron chi connectivity index (χ2n) is 6.39. The number of nitrogens with zero attached hydrogens (tertiary/aromatic N) is 2. The molecule has 0 spiro atoms. The Morgan fingerprint density at radius 3 is 3.04 bits per heavy atom. The van der Waals surface area contributed by atoms with Gasteiger partial charge in [-0.05, 0) is 44.2 Å². The van der Waals surface area contributed by atoms with Gasteiger partial charge in [-0.25, -0.2) is 4.98 Å². The first-order chi connectivity index (χ1) is 11.6. The Kier molecular flexibility index (Phi) is 3.88. The van der Waals surface area contributed by atoms with Crippen LogP contribution in [0, 0.1) is 13.8 Å². The zero-order valence-corrected chi connectivity index (χ0v) is 14.9. The Morgan fingerprint density at radius 2 is 2.25 bits per heavy atom. The van der Waals surface area contributed by atoms with E-state index in [1.54, 1.807) is 0 Å². The maximum absolute atomic E-state index is 12.2. The molecule has 3 aromatic rings. The summed E-state index contributed by atoms with van der Waals surface area (Å²) < 4.78 is 2.45. The fraction of sp³-hybridized carbons (Fsp3) is 0.368. The quantitative estimate of drug-likeness (QED) is 0.789. The normalized spacial score (nSPS) is 13.4. The largest absolute Gasteiger partial charge is 0.350 e. The van der Waals surface area contributed by atoms with Crippen LogP contribution in [-0.2, 0) is 19.4 Å². The van der Waals surface area contributed by atoms with Crippen LogP contribution in [0.15, 0.2) is 23.6 Å². The van der Waals surface area contributed by atoms with Crippen molar-refractivity contribution >= 4 is 28.1 Å². The highest BCUT2D eigenvalue weighted by molar-refractivity contribution is 7.09. The van der Waals surface area contributed by atoms with Crippen LogP contribution in [0.25, 0.3) is 10.9 Å². The molecule has 0 fully saturated rings. The van der Waals surface area contributed by atoms with Crippen molar-refractivity contribution in [2.75, 3.05) is 6.54 Å². The third kappa shape index (κ3) is 2.53. The van der Waals surface area contributed by atoms with Crippen molar-refractivity contribution in [1.82, 2.24) is 14.9 Å². The van der Waals surface area contributed by atoms with E-state index in [9.17, 15) is 4.79 Å². The lowest BCUT2D eigenvalue weighted by Crippen LogP contribution is -2.26. The van der Waals surface area contributed by atoms with Crippen LogP contribution < -0.4 is 5.32 Å². The van der Waals surface area contributed by atoms with Gasteiger partial charge in [0.1, 0.15) is 5.69 Å². The van der Waals surface area contributed by atoms with Gasteiger partial charge in [0.25, 0.3) is 5.91 Å². The van der Waals surface area contributed by atoms with Crippen LogP contribution in [0.2, 0.25) is 0 Å². The molecule has 0 unspecified atom stereocenters. The van der Waals surface area contributed by atoms with Crippen LogP contribution >= 0.6 is 11.3 Å². The average Bonchev–Trinajstić information content (AvgIpc) is 3.14. The summed E-state index contributed by atoms with van der Waals surface area (Å²) in [5.74, 6) is -0.0780. The molecule has 3 heterocycles. The van der Waals surface area contributed by atoms with E-state index in [1.807, 2.05) is 12.3 Å². The molecule has 5 heteroatoms. The van der Waals surface area contributed by atoms with E-state index in [2.05, 4.69) is 40.0 Å². The molecule has 2 aromatic heterocycles. The molecule has 0 saturated heterocycles. The number of rotatable bonds is 4. The summed E-state index contributed by atoms with van der Waals surface area (Å²) in [4.78, 5) is 16.4. The first-order valence-electron chi connectivity index (χ1n) is 8.45. The van der Waals surface area contributed by atoms with Crippen molar-refractivity contribution < 1.29 is 4.79 Å². The summed E-state index contributed by atoms with van der Waals surface area (Å²) in [5, 5.41) is 7.09. The second kappa shape index (κ2) is 6.06. The Morgan fingerprint density at radius 1 is 1.38 bits per heavy atom. The molecule has 4 nitrogen and oxygen atoms in total. The maximum Gasteiger partial charge on any atom is 0.270 e. The molecular weight excluding hydrogens is 318 g/mol. The van der Waals surface area contributed by atoms with Gasteiger partial charge in [0, 0.05) is 29.5 Å². The number of nitrogens with one attached hydrogen (secondary N) is 1. The van der Waals surface area contributed by atoms with Gasteiger partial charge in [0.15, 0.2) is 0 Å². The average molecular weight is 339 g/mol. The lowest BCUT2D eigenvalue weighted by molar-refractivity contribution is 0.0949. The van der Waals surface area contributed by atoms with Crippen LogP contribution in [-0.4, -0.2) is 22.0 Å². The van der Waals surface area contributed by atoms with Crippen molar-refractivity contribution in [1.29, 1.82) is 0 Å². The first-order valence-corrected chi connectivity index (χ1v) is 9.33. The van der Waals surface area contributed by atoms with Gasteiger partial charge in [-0.3, -0.25) is 4.79 Å². The van der Waals surface area contributed by atoms with Crippen LogP contribution in [0.4, 0.5) is 0 Å². The molecule has 0 aliphatic carbocycles. The minimum Gasteiger partial charge on any atom is -0.350 e. The summed E-state index contributed by atoms with van der Waals surface area (Å²) in [6.07, 6.45) is 3.23. The molecule has 1 aliphatic rings. The molecule has 1 amide bonds. The van der Waals surface area contributed by atoms with Gasteiger partial charge >= 0.3 is 0 Å². The van der Waals surface area contributed by atoms with E-state index in [0.29, 0.717) is 12.2 Å². The summed E-state index contributed by atoms with van der Waals surface area (Å²) in [6, 6.07) is 6.62. The van der Waals surface area contributed by atoms with Gasteiger partial charge in [-0.1, -0.05) is 18.2 Å². The lowest BCUT2D eigenvalue weighted by atomic mass is 10.0. The van der Waals surface area contributed by atoms with Gasteiger partial charge in [0.2, 0.25) is 0 Å². The second-order valence-corrected chi connectivity index (χ2v) is 7.45. The topological polar surface area (TPSA) is 46.9 Å². The number of aryl methyl sites for hydroxylation is 3. The number of hydrogen-bond donors (Lipinski definition) is 1. The van der Waals surface area contributed by atoms with Gasteiger partial charge < -0.3 is 9.88 Å². The fourth-order valence-electron chi connectivity index (χ4n) is 3.76. The van der Waals surface area contributed by atoms with Crippen LogP contribution in [0.3, 0.4) is 0 Å². The first kappa shape index (κ1) is 15.4. The zero-order chi connectivity index (χ0) is 16.7. The lowest BCUT2D eigenvalue weighted by Gasteiger charge is -2.16. The van der Waals surface area contributed by atoms with E-state index in [1.165, 1.54) is 51.9 Å². The van der Waals surface area contributed by atoms with Crippen molar-refractivity contribution in [3.63, 3.8) is 0 Å². The maximum atomic E-state index is 12.2. The number of benzene rings is 1. The number of carbonyl (C=O) groups excluding carboxylic acids is 1. The highest BCUT2D eigenvalue weighted by atomic mass is 32.1. The molecule has 1 aromatic carbocycles. The Balaban J connectivity index is 1.54. The highest BCUT2D eigenvalue weighted by Gasteiger charge is 2.19. The number of amides is 1. The highest BCUT2D eigenvalue weighted by Crippen LogP contribution is 2.32. The van der Waals surface area contributed by atoms with E-state index in [0.717, 1.165) is 18.0 Å². The molecule has 0 radical (unpaired) electrons. The summed E-state index contributed by atoms with van der Waals surface area (Å²) in [5.41, 5.74) is 6.09. The van der Waals surface area contributed by atoms with Crippen molar-refractivity contribution in [2.24, 2.45) is 0 Å².